The molecule has 0 aliphatic carbocycles. The first-order valence-electron chi connectivity index (χ1n) is 7.63. The second kappa shape index (κ2) is 6.80. The summed E-state index contributed by atoms with van der Waals surface area (Å²) in [5, 5.41) is 2.84. The van der Waals surface area contributed by atoms with Crippen molar-refractivity contribution in [1.82, 2.24) is 14.9 Å². The molecule has 7 heteroatoms. The summed E-state index contributed by atoms with van der Waals surface area (Å²) in [5.41, 5.74) is 0.609. The molecule has 2 aromatic carbocycles. The lowest BCUT2D eigenvalue weighted by Gasteiger charge is -2.15. The Morgan fingerprint density at radius 2 is 1.84 bits per heavy atom. The highest BCUT2D eigenvalue weighted by Gasteiger charge is 2.12. The number of carbonyl (C=O) groups excluding carboxylic acids is 1. The third-order valence-corrected chi connectivity index (χ3v) is 3.85. The Hall–Kier alpha value is -3.09. The van der Waals surface area contributed by atoms with Crippen molar-refractivity contribution in [2.75, 3.05) is 0 Å². The highest BCUT2D eigenvalue weighted by molar-refractivity contribution is 5.79. The average molecular weight is 343 g/mol. The zero-order chi connectivity index (χ0) is 18.0. The molecule has 25 heavy (non-hydrogen) atoms. The van der Waals surface area contributed by atoms with Crippen molar-refractivity contribution in [1.29, 1.82) is 0 Å². The normalized spacial score (nSPS) is 12.1. The molecule has 0 saturated carbocycles. The molecule has 0 aliphatic rings. The molecule has 0 aliphatic heterocycles. The first kappa shape index (κ1) is 16.8. The molecule has 1 amide bonds. The molecule has 128 valence electrons. The van der Waals surface area contributed by atoms with Crippen LogP contribution in [0.15, 0.2) is 53.6 Å². The molecule has 0 spiro atoms. The molecule has 0 bridgehead atoms. The smallest absolute Gasteiger partial charge is 0.261 e. The molecule has 1 aromatic heterocycles. The molecular formula is C18H15F2N3O2. The number of fused-ring (bicyclic) bond motifs is 1. The molecule has 0 unspecified atom stereocenters. The third-order valence-electron chi connectivity index (χ3n) is 3.85. The second-order valence-electron chi connectivity index (χ2n) is 5.68. The topological polar surface area (TPSA) is 64.0 Å². The highest BCUT2D eigenvalue weighted by atomic mass is 19.1. The number of hydrogen-bond donors (Lipinski definition) is 1. The summed E-state index contributed by atoms with van der Waals surface area (Å²) in [6, 6.07) is 9.15. The number of nitrogens with zero attached hydrogens (tertiary/aromatic N) is 2. The summed E-state index contributed by atoms with van der Waals surface area (Å²) in [6.07, 6.45) is 1.25. The van der Waals surface area contributed by atoms with Crippen LogP contribution < -0.4 is 10.9 Å². The predicted molar refractivity (Wildman–Crippen MR) is 88.9 cm³/mol. The lowest BCUT2D eigenvalue weighted by atomic mass is 10.1. The minimum absolute atomic E-state index is 0.113. The zero-order valence-electron chi connectivity index (χ0n) is 13.4. The Morgan fingerprint density at radius 1 is 1.16 bits per heavy atom. The zero-order valence-corrected chi connectivity index (χ0v) is 13.4. The summed E-state index contributed by atoms with van der Waals surface area (Å²) in [6.45, 7) is 1.51. The van der Waals surface area contributed by atoms with Crippen molar-refractivity contribution in [2.45, 2.75) is 19.5 Å². The van der Waals surface area contributed by atoms with Gasteiger partial charge in [-0.25, -0.2) is 13.8 Å². The molecule has 1 N–H and O–H groups in total. The monoisotopic (exact) mass is 343 g/mol. The Balaban J connectivity index is 1.76. The predicted octanol–water partition coefficient (Wildman–Crippen LogP) is 2.55. The van der Waals surface area contributed by atoms with Crippen molar-refractivity contribution in [3.05, 3.63) is 76.3 Å². The van der Waals surface area contributed by atoms with Crippen LogP contribution in [-0.4, -0.2) is 15.5 Å². The number of aromatic nitrogens is 2. The average Bonchev–Trinajstić information content (AvgIpc) is 2.58. The SMILES string of the molecule is C[C@H](NC(=O)Cn1cnc2ccc(F)cc2c1=O)c1ccc(F)cc1. The molecule has 0 radical (unpaired) electrons. The molecular weight excluding hydrogens is 328 g/mol. The van der Waals surface area contributed by atoms with Crippen LogP contribution in [0, 0.1) is 11.6 Å². The molecule has 3 rings (SSSR count). The fourth-order valence-corrected chi connectivity index (χ4v) is 2.52. The van der Waals surface area contributed by atoms with E-state index in [0.717, 1.165) is 16.2 Å². The number of halogens is 2. The van der Waals surface area contributed by atoms with E-state index in [1.807, 2.05) is 0 Å². The third kappa shape index (κ3) is 3.71. The molecule has 0 fully saturated rings. The summed E-state index contributed by atoms with van der Waals surface area (Å²) >= 11 is 0. The van der Waals surface area contributed by atoms with E-state index >= 15 is 0 Å². The van der Waals surface area contributed by atoms with Gasteiger partial charge < -0.3 is 5.32 Å². The maximum atomic E-state index is 13.3. The van der Waals surface area contributed by atoms with Crippen LogP contribution in [0.5, 0.6) is 0 Å². The van der Waals surface area contributed by atoms with Crippen LogP contribution in [0.1, 0.15) is 18.5 Å². The van der Waals surface area contributed by atoms with E-state index in [1.165, 1.54) is 30.6 Å². The van der Waals surface area contributed by atoms with Crippen LogP contribution in [0.2, 0.25) is 0 Å². The van der Waals surface area contributed by atoms with Crippen LogP contribution in [0.4, 0.5) is 8.78 Å². The number of rotatable bonds is 4. The minimum Gasteiger partial charge on any atom is -0.348 e. The van der Waals surface area contributed by atoms with E-state index < -0.39 is 17.3 Å². The lowest BCUT2D eigenvalue weighted by Crippen LogP contribution is -2.34. The first-order valence-corrected chi connectivity index (χ1v) is 7.63. The van der Waals surface area contributed by atoms with E-state index in [9.17, 15) is 18.4 Å². The van der Waals surface area contributed by atoms with Crippen LogP contribution in [0.3, 0.4) is 0 Å². The number of amides is 1. The van der Waals surface area contributed by atoms with Gasteiger partial charge in [0.1, 0.15) is 18.2 Å². The molecule has 3 aromatic rings. The van der Waals surface area contributed by atoms with Gasteiger partial charge in [0, 0.05) is 0 Å². The fraction of sp³-hybridized carbons (Fsp3) is 0.167. The molecule has 1 heterocycles. The van der Waals surface area contributed by atoms with E-state index in [-0.39, 0.29) is 23.8 Å². The van der Waals surface area contributed by atoms with Crippen molar-refractivity contribution >= 4 is 16.8 Å². The lowest BCUT2D eigenvalue weighted by molar-refractivity contribution is -0.122. The van der Waals surface area contributed by atoms with Gasteiger partial charge in [0.25, 0.3) is 5.56 Å². The Labute approximate surface area is 141 Å². The van der Waals surface area contributed by atoms with Crippen molar-refractivity contribution in [2.24, 2.45) is 0 Å². The van der Waals surface area contributed by atoms with Gasteiger partial charge in [-0.05, 0) is 42.8 Å². The molecule has 1 atom stereocenters. The maximum Gasteiger partial charge on any atom is 0.261 e. The van der Waals surface area contributed by atoms with E-state index in [4.69, 9.17) is 0 Å². The first-order chi connectivity index (χ1) is 11.9. The Morgan fingerprint density at radius 3 is 2.56 bits per heavy atom. The number of nitrogens with one attached hydrogen (secondary N) is 1. The van der Waals surface area contributed by atoms with Gasteiger partial charge in [-0.2, -0.15) is 0 Å². The fourth-order valence-electron chi connectivity index (χ4n) is 2.52. The summed E-state index contributed by atoms with van der Waals surface area (Å²) in [5.74, 6) is -1.31. The number of benzene rings is 2. The van der Waals surface area contributed by atoms with Gasteiger partial charge in [-0.3, -0.25) is 14.2 Å². The Kier molecular flexibility index (Phi) is 4.56. The largest absolute Gasteiger partial charge is 0.348 e. The van der Waals surface area contributed by atoms with Crippen LogP contribution >= 0.6 is 0 Å². The van der Waals surface area contributed by atoms with Gasteiger partial charge in [0.15, 0.2) is 0 Å². The van der Waals surface area contributed by atoms with E-state index in [2.05, 4.69) is 10.3 Å². The van der Waals surface area contributed by atoms with Crippen molar-refractivity contribution < 1.29 is 13.6 Å². The second-order valence-corrected chi connectivity index (χ2v) is 5.68. The van der Waals surface area contributed by atoms with Crippen LogP contribution in [0.25, 0.3) is 10.9 Å². The van der Waals surface area contributed by atoms with Gasteiger partial charge in [-0.1, -0.05) is 12.1 Å². The van der Waals surface area contributed by atoms with E-state index in [1.54, 1.807) is 19.1 Å². The van der Waals surface area contributed by atoms with Gasteiger partial charge in [0.05, 0.1) is 23.3 Å². The highest BCUT2D eigenvalue weighted by Crippen LogP contribution is 2.13. The summed E-state index contributed by atoms with van der Waals surface area (Å²) in [4.78, 5) is 28.6. The maximum absolute atomic E-state index is 13.3. The number of carbonyl (C=O) groups is 1. The van der Waals surface area contributed by atoms with Crippen LogP contribution in [-0.2, 0) is 11.3 Å². The van der Waals surface area contributed by atoms with Crippen molar-refractivity contribution in [3.8, 4) is 0 Å². The molecule has 0 saturated heterocycles. The number of hydrogen-bond acceptors (Lipinski definition) is 3. The Bertz CT molecular complexity index is 984. The minimum atomic E-state index is -0.543. The van der Waals surface area contributed by atoms with Gasteiger partial charge in [0.2, 0.25) is 5.91 Å². The standard InChI is InChI=1S/C18H15F2N3O2/c1-11(12-2-4-13(19)5-3-12)22-17(24)9-23-10-21-16-7-6-14(20)8-15(16)18(23)25/h2-8,10-11H,9H2,1H3,(H,22,24)/t11-/m0/s1. The molecule has 5 nitrogen and oxygen atoms in total. The quantitative estimate of drug-likeness (QED) is 0.792. The summed E-state index contributed by atoms with van der Waals surface area (Å²) in [7, 11) is 0. The van der Waals surface area contributed by atoms with Crippen molar-refractivity contribution in [3.63, 3.8) is 0 Å². The summed E-state index contributed by atoms with van der Waals surface area (Å²) < 4.78 is 27.4. The van der Waals surface area contributed by atoms with Gasteiger partial charge in [-0.15, -0.1) is 0 Å². The van der Waals surface area contributed by atoms with E-state index in [0.29, 0.717) is 5.52 Å². The van der Waals surface area contributed by atoms with Gasteiger partial charge >= 0.3 is 0 Å².